The summed E-state index contributed by atoms with van der Waals surface area (Å²) in [7, 11) is 2.68. The molecule has 0 radical (unpaired) electrons. The van der Waals surface area contributed by atoms with Gasteiger partial charge in [0.25, 0.3) is 0 Å². The fourth-order valence-electron chi connectivity index (χ4n) is 2.37. The molecule has 0 amide bonds. The van der Waals surface area contributed by atoms with Crippen molar-refractivity contribution in [1.82, 2.24) is 0 Å². The number of Topliss-reactive ketones (excluding diaryl/α,β-unsaturated/α-hetero) is 1. The Morgan fingerprint density at radius 2 is 1.84 bits per heavy atom. The zero-order chi connectivity index (χ0) is 18.6. The number of rotatable bonds is 6. The molecule has 0 bridgehead atoms. The Kier molecular flexibility index (Phi) is 5.59. The first-order chi connectivity index (χ1) is 11.9. The molecular weight excluding hydrogens is 328 g/mol. The van der Waals surface area contributed by atoms with Crippen LogP contribution in [0.3, 0.4) is 0 Å². The third-order valence-corrected chi connectivity index (χ3v) is 3.68. The van der Waals surface area contributed by atoms with Gasteiger partial charge < -0.3 is 19.0 Å². The number of ether oxygens (including phenoxy) is 2. The minimum absolute atomic E-state index is 0.218. The van der Waals surface area contributed by atoms with Crippen LogP contribution in [0.2, 0.25) is 0 Å². The van der Waals surface area contributed by atoms with Crippen molar-refractivity contribution in [1.29, 1.82) is 0 Å². The van der Waals surface area contributed by atoms with E-state index < -0.39 is 28.8 Å². The quantitative estimate of drug-likeness (QED) is 0.631. The summed E-state index contributed by atoms with van der Waals surface area (Å²) in [5.41, 5.74) is -0.408. The van der Waals surface area contributed by atoms with Gasteiger partial charge in [-0.1, -0.05) is 0 Å². The van der Waals surface area contributed by atoms with Gasteiger partial charge >= 0.3 is 5.97 Å². The van der Waals surface area contributed by atoms with Gasteiger partial charge in [0.05, 0.1) is 26.6 Å². The number of ketones is 1. The molecule has 0 spiro atoms. The highest BCUT2D eigenvalue weighted by Gasteiger charge is 2.31. The zero-order valence-electron chi connectivity index (χ0n) is 14.1. The first-order valence-electron chi connectivity index (χ1n) is 7.46. The predicted molar refractivity (Wildman–Crippen MR) is 88.1 cm³/mol. The third-order valence-electron chi connectivity index (χ3n) is 3.68. The Labute approximate surface area is 143 Å². The molecule has 1 aromatic heterocycles. The SMILES string of the molecule is COC(=O)CC(C(=O)c1ccc(OC)cc1)c1oc(C)cc(=O)c1O. The highest BCUT2D eigenvalue weighted by Crippen LogP contribution is 2.31. The Bertz CT molecular complexity index is 833. The molecule has 132 valence electrons. The lowest BCUT2D eigenvalue weighted by Gasteiger charge is -2.15. The van der Waals surface area contributed by atoms with Crippen molar-refractivity contribution < 1.29 is 28.6 Å². The summed E-state index contributed by atoms with van der Waals surface area (Å²) in [5, 5.41) is 10.0. The number of hydrogen-bond donors (Lipinski definition) is 1. The normalized spacial score (nSPS) is 11.6. The Morgan fingerprint density at radius 3 is 2.40 bits per heavy atom. The van der Waals surface area contributed by atoms with Gasteiger partial charge in [0, 0.05) is 11.6 Å². The van der Waals surface area contributed by atoms with E-state index in [1.54, 1.807) is 12.1 Å². The van der Waals surface area contributed by atoms with Crippen LogP contribution in [-0.4, -0.2) is 31.1 Å². The summed E-state index contributed by atoms with van der Waals surface area (Å²) in [4.78, 5) is 36.4. The maximum absolute atomic E-state index is 12.8. The third kappa shape index (κ3) is 4.06. The summed E-state index contributed by atoms with van der Waals surface area (Å²) >= 11 is 0. The lowest BCUT2D eigenvalue weighted by Crippen LogP contribution is -2.20. The summed E-state index contributed by atoms with van der Waals surface area (Å²) in [6.07, 6.45) is -0.374. The number of carbonyl (C=O) groups is 2. The summed E-state index contributed by atoms with van der Waals surface area (Å²) in [6.45, 7) is 1.51. The van der Waals surface area contributed by atoms with Gasteiger partial charge in [-0.05, 0) is 31.2 Å². The van der Waals surface area contributed by atoms with Gasteiger partial charge in [-0.2, -0.15) is 0 Å². The van der Waals surface area contributed by atoms with Crippen LogP contribution in [0, 0.1) is 6.92 Å². The van der Waals surface area contributed by atoms with Crippen molar-refractivity contribution in [3.8, 4) is 11.5 Å². The van der Waals surface area contributed by atoms with Crippen molar-refractivity contribution in [2.45, 2.75) is 19.3 Å². The summed E-state index contributed by atoms with van der Waals surface area (Å²) in [5.74, 6) is -2.51. The largest absolute Gasteiger partial charge is 0.502 e. The molecule has 0 aliphatic heterocycles. The van der Waals surface area contributed by atoms with Crippen LogP contribution in [0.5, 0.6) is 11.5 Å². The minimum Gasteiger partial charge on any atom is -0.502 e. The molecule has 1 heterocycles. The highest BCUT2D eigenvalue weighted by atomic mass is 16.5. The number of methoxy groups -OCH3 is 2. The number of aryl methyl sites for hydroxylation is 1. The maximum atomic E-state index is 12.8. The predicted octanol–water partition coefficient (Wildman–Crippen LogP) is 2.19. The van der Waals surface area contributed by atoms with E-state index in [9.17, 15) is 19.5 Å². The monoisotopic (exact) mass is 346 g/mol. The van der Waals surface area contributed by atoms with E-state index in [0.717, 1.165) is 6.07 Å². The highest BCUT2D eigenvalue weighted by molar-refractivity contribution is 6.02. The number of esters is 1. The second-order valence-electron chi connectivity index (χ2n) is 5.36. The Morgan fingerprint density at radius 1 is 1.20 bits per heavy atom. The van der Waals surface area contributed by atoms with E-state index in [1.807, 2.05) is 0 Å². The zero-order valence-corrected chi connectivity index (χ0v) is 14.1. The van der Waals surface area contributed by atoms with Crippen LogP contribution >= 0.6 is 0 Å². The summed E-state index contributed by atoms with van der Waals surface area (Å²) in [6, 6.07) is 7.34. The molecule has 25 heavy (non-hydrogen) atoms. The van der Waals surface area contributed by atoms with Crippen LogP contribution in [0.15, 0.2) is 39.5 Å². The van der Waals surface area contributed by atoms with Gasteiger partial charge in [0.15, 0.2) is 11.5 Å². The molecule has 2 rings (SSSR count). The van der Waals surface area contributed by atoms with Crippen LogP contribution in [0.4, 0.5) is 0 Å². The lowest BCUT2D eigenvalue weighted by atomic mass is 9.91. The molecule has 1 aromatic carbocycles. The molecule has 0 aliphatic rings. The second kappa shape index (κ2) is 7.65. The molecule has 1 N–H and O–H groups in total. The van der Waals surface area contributed by atoms with Crippen molar-refractivity contribution in [3.05, 3.63) is 57.6 Å². The van der Waals surface area contributed by atoms with Gasteiger partial charge in [0.2, 0.25) is 11.2 Å². The van der Waals surface area contributed by atoms with E-state index in [2.05, 4.69) is 4.74 Å². The van der Waals surface area contributed by atoms with Crippen LogP contribution in [0.1, 0.15) is 34.2 Å². The number of aromatic hydroxyl groups is 1. The van der Waals surface area contributed by atoms with Crippen molar-refractivity contribution in [2.24, 2.45) is 0 Å². The van der Waals surface area contributed by atoms with Crippen LogP contribution in [0.25, 0.3) is 0 Å². The molecule has 0 fully saturated rings. The van der Waals surface area contributed by atoms with Gasteiger partial charge in [0.1, 0.15) is 11.5 Å². The maximum Gasteiger partial charge on any atom is 0.306 e. The number of carbonyl (C=O) groups excluding carboxylic acids is 2. The van der Waals surface area contributed by atoms with E-state index in [0.29, 0.717) is 5.75 Å². The Hall–Kier alpha value is -3.09. The molecule has 0 saturated heterocycles. The van der Waals surface area contributed by atoms with E-state index in [1.165, 1.54) is 33.3 Å². The summed E-state index contributed by atoms with van der Waals surface area (Å²) < 4.78 is 15.0. The van der Waals surface area contributed by atoms with Crippen molar-refractivity contribution in [3.63, 3.8) is 0 Å². The fourth-order valence-corrected chi connectivity index (χ4v) is 2.37. The smallest absolute Gasteiger partial charge is 0.306 e. The molecule has 0 aliphatic carbocycles. The molecule has 1 atom stereocenters. The second-order valence-corrected chi connectivity index (χ2v) is 5.36. The van der Waals surface area contributed by atoms with Crippen LogP contribution < -0.4 is 10.2 Å². The Balaban J connectivity index is 2.50. The first kappa shape index (κ1) is 18.3. The standard InChI is InChI=1S/C18H18O7/c1-10-8-14(19)17(22)18(25-10)13(9-15(20)24-3)16(21)11-4-6-12(23-2)7-5-11/h4-8,13,22H,9H2,1-3H3. The molecule has 7 heteroatoms. The molecule has 0 saturated carbocycles. The number of hydrogen-bond acceptors (Lipinski definition) is 7. The fraction of sp³-hybridized carbons (Fsp3) is 0.278. The van der Waals surface area contributed by atoms with Gasteiger partial charge in [-0.25, -0.2) is 0 Å². The van der Waals surface area contributed by atoms with E-state index >= 15 is 0 Å². The average Bonchev–Trinajstić information content (AvgIpc) is 2.62. The molecular formula is C18H18O7. The first-order valence-corrected chi connectivity index (χ1v) is 7.46. The minimum atomic E-state index is -1.19. The number of benzene rings is 1. The lowest BCUT2D eigenvalue weighted by molar-refractivity contribution is -0.140. The van der Waals surface area contributed by atoms with Crippen molar-refractivity contribution >= 4 is 11.8 Å². The van der Waals surface area contributed by atoms with Crippen LogP contribution in [-0.2, 0) is 9.53 Å². The van der Waals surface area contributed by atoms with E-state index in [4.69, 9.17) is 9.15 Å². The van der Waals surface area contributed by atoms with E-state index in [-0.39, 0.29) is 23.5 Å². The van der Waals surface area contributed by atoms with Gasteiger partial charge in [-0.15, -0.1) is 0 Å². The molecule has 7 nitrogen and oxygen atoms in total. The molecule has 1 unspecified atom stereocenters. The average molecular weight is 346 g/mol. The molecule has 2 aromatic rings. The van der Waals surface area contributed by atoms with Crippen molar-refractivity contribution in [2.75, 3.05) is 14.2 Å². The van der Waals surface area contributed by atoms with Gasteiger partial charge in [-0.3, -0.25) is 14.4 Å². The topological polar surface area (TPSA) is 103 Å².